The number of aromatic amines is 1. The highest BCUT2D eigenvalue weighted by Crippen LogP contribution is 2.14. The van der Waals surface area contributed by atoms with Crippen LogP contribution < -0.4 is 5.32 Å². The van der Waals surface area contributed by atoms with E-state index in [-0.39, 0.29) is 16.5 Å². The number of rotatable bonds is 4. The van der Waals surface area contributed by atoms with Crippen LogP contribution in [-0.4, -0.2) is 49.5 Å². The molecule has 2 amide bonds. The number of hydrogen-bond donors (Lipinski definition) is 2. The summed E-state index contributed by atoms with van der Waals surface area (Å²) in [5.41, 5.74) is -0.0334. The summed E-state index contributed by atoms with van der Waals surface area (Å²) in [6.45, 7) is 0. The molecule has 9 heteroatoms. The Hall–Kier alpha value is -1.38. The molecule has 0 radical (unpaired) electrons. The number of nitrogens with one attached hydrogen (secondary N) is 2. The molecule has 0 saturated heterocycles. The van der Waals surface area contributed by atoms with Gasteiger partial charge in [0.05, 0.1) is 0 Å². The van der Waals surface area contributed by atoms with Crippen LogP contribution in [0, 0.1) is 0 Å². The van der Waals surface area contributed by atoms with Crippen LogP contribution in [0.3, 0.4) is 0 Å². The molecule has 100 valence electrons. The zero-order valence-corrected chi connectivity index (χ0v) is 11.3. The van der Waals surface area contributed by atoms with Gasteiger partial charge in [0.1, 0.15) is 16.5 Å². The standard InChI is InChI=1S/C9H12ClN3O4S/c1-13(2)18(16,17)6-3-7(11-5-6)9(15)12-8(14)4-10/h3,5,11H,4H2,1-2H3,(H,12,14,15). The Balaban J connectivity index is 2.94. The molecule has 1 heterocycles. The maximum Gasteiger partial charge on any atom is 0.274 e. The monoisotopic (exact) mass is 293 g/mol. The number of hydrogen-bond acceptors (Lipinski definition) is 4. The molecule has 0 atom stereocenters. The summed E-state index contributed by atoms with van der Waals surface area (Å²) in [7, 11) is -0.864. The van der Waals surface area contributed by atoms with Crippen LogP contribution in [0.1, 0.15) is 10.5 Å². The minimum absolute atomic E-state index is 0.0334. The van der Waals surface area contributed by atoms with Gasteiger partial charge in [-0.2, -0.15) is 0 Å². The molecule has 7 nitrogen and oxygen atoms in total. The summed E-state index contributed by atoms with van der Waals surface area (Å²) < 4.78 is 24.5. The zero-order valence-electron chi connectivity index (χ0n) is 9.73. The molecule has 1 aromatic heterocycles. The molecular weight excluding hydrogens is 282 g/mol. The fraction of sp³-hybridized carbons (Fsp3) is 0.333. The van der Waals surface area contributed by atoms with Crippen LogP contribution in [0.2, 0.25) is 0 Å². The summed E-state index contributed by atoms with van der Waals surface area (Å²) in [6.07, 6.45) is 1.18. The van der Waals surface area contributed by atoms with Crippen molar-refractivity contribution in [2.45, 2.75) is 4.90 Å². The van der Waals surface area contributed by atoms with Gasteiger partial charge in [0.25, 0.3) is 5.91 Å². The molecule has 18 heavy (non-hydrogen) atoms. The third kappa shape index (κ3) is 3.09. The molecule has 0 fully saturated rings. The van der Waals surface area contributed by atoms with Crippen LogP contribution in [0.4, 0.5) is 0 Å². The maximum atomic E-state index is 11.7. The van der Waals surface area contributed by atoms with E-state index < -0.39 is 21.8 Å². The van der Waals surface area contributed by atoms with E-state index in [1.54, 1.807) is 0 Å². The van der Waals surface area contributed by atoms with E-state index in [0.29, 0.717) is 0 Å². The number of nitrogens with zero attached hydrogens (tertiary/aromatic N) is 1. The Kier molecular flexibility index (Phi) is 4.49. The molecule has 0 unspecified atom stereocenters. The lowest BCUT2D eigenvalue weighted by Gasteiger charge is -2.08. The third-order valence-corrected chi connectivity index (χ3v) is 4.09. The van der Waals surface area contributed by atoms with Crippen molar-refractivity contribution in [3.63, 3.8) is 0 Å². The van der Waals surface area contributed by atoms with E-state index in [0.717, 1.165) is 10.4 Å². The molecule has 1 rings (SSSR count). The summed E-state index contributed by atoms with van der Waals surface area (Å²) in [5.74, 6) is -1.75. The van der Waals surface area contributed by atoms with Gasteiger partial charge >= 0.3 is 0 Å². The summed E-state index contributed by atoms with van der Waals surface area (Å²) in [6, 6.07) is 1.15. The van der Waals surface area contributed by atoms with Gasteiger partial charge in [0.15, 0.2) is 0 Å². The summed E-state index contributed by atoms with van der Waals surface area (Å²) in [5, 5.41) is 1.99. The predicted molar refractivity (Wildman–Crippen MR) is 64.9 cm³/mol. The second-order valence-electron chi connectivity index (χ2n) is 3.55. The average molecular weight is 294 g/mol. The lowest BCUT2D eigenvalue weighted by Crippen LogP contribution is -2.31. The fourth-order valence-corrected chi connectivity index (χ4v) is 2.06. The molecule has 1 aromatic rings. The molecule has 0 saturated carbocycles. The molecule has 0 aliphatic rings. The number of sulfonamides is 1. The molecule has 0 aromatic carbocycles. The molecule has 0 spiro atoms. The van der Waals surface area contributed by atoms with E-state index in [9.17, 15) is 18.0 Å². The number of H-pyrrole nitrogens is 1. The normalized spacial score (nSPS) is 11.6. The summed E-state index contributed by atoms with van der Waals surface area (Å²) in [4.78, 5) is 24.8. The maximum absolute atomic E-state index is 11.7. The van der Waals surface area contributed by atoms with Crippen molar-refractivity contribution in [1.82, 2.24) is 14.6 Å². The first-order valence-electron chi connectivity index (χ1n) is 4.80. The quantitative estimate of drug-likeness (QED) is 0.748. The molecular formula is C9H12ClN3O4S. The van der Waals surface area contributed by atoms with Gasteiger partial charge in [-0.15, -0.1) is 11.6 Å². The summed E-state index contributed by atoms with van der Waals surface area (Å²) >= 11 is 5.23. The number of carbonyl (C=O) groups is 2. The van der Waals surface area contributed by atoms with Gasteiger partial charge < -0.3 is 4.98 Å². The number of aromatic nitrogens is 1. The Morgan fingerprint density at radius 2 is 2.06 bits per heavy atom. The second kappa shape index (κ2) is 5.51. The van der Waals surface area contributed by atoms with Crippen LogP contribution >= 0.6 is 11.6 Å². The lowest BCUT2D eigenvalue weighted by molar-refractivity contribution is -0.117. The average Bonchev–Trinajstić information content (AvgIpc) is 2.78. The minimum Gasteiger partial charge on any atom is -0.356 e. The number of carbonyl (C=O) groups excluding carboxylic acids is 2. The van der Waals surface area contributed by atoms with E-state index in [1.807, 2.05) is 5.32 Å². The number of amides is 2. The van der Waals surface area contributed by atoms with Crippen molar-refractivity contribution in [1.29, 1.82) is 0 Å². The van der Waals surface area contributed by atoms with Gasteiger partial charge in [-0.25, -0.2) is 12.7 Å². The fourth-order valence-electron chi connectivity index (χ4n) is 1.09. The van der Waals surface area contributed by atoms with Gasteiger partial charge in [-0.05, 0) is 6.07 Å². The smallest absolute Gasteiger partial charge is 0.274 e. The number of alkyl halides is 1. The molecule has 0 bridgehead atoms. The van der Waals surface area contributed by atoms with Crippen LogP contribution in [0.25, 0.3) is 0 Å². The third-order valence-electron chi connectivity index (χ3n) is 2.05. The van der Waals surface area contributed by atoms with Crippen molar-refractivity contribution >= 4 is 33.4 Å². The van der Waals surface area contributed by atoms with Crippen molar-refractivity contribution in [3.8, 4) is 0 Å². The van der Waals surface area contributed by atoms with Gasteiger partial charge in [-0.1, -0.05) is 0 Å². The minimum atomic E-state index is -3.61. The lowest BCUT2D eigenvalue weighted by atomic mass is 10.4. The van der Waals surface area contributed by atoms with Crippen molar-refractivity contribution < 1.29 is 18.0 Å². The largest absolute Gasteiger partial charge is 0.356 e. The first kappa shape index (κ1) is 14.7. The Labute approximate surface area is 109 Å². The van der Waals surface area contributed by atoms with Crippen LogP contribution in [-0.2, 0) is 14.8 Å². The SMILES string of the molecule is CN(C)S(=O)(=O)c1c[nH]c(C(=O)NC(=O)CCl)c1. The number of halogens is 1. The first-order chi connectivity index (χ1) is 8.28. The van der Waals surface area contributed by atoms with Crippen molar-refractivity contribution in [2.75, 3.05) is 20.0 Å². The van der Waals surface area contributed by atoms with Crippen molar-refractivity contribution in [3.05, 3.63) is 18.0 Å². The highest BCUT2D eigenvalue weighted by molar-refractivity contribution is 7.89. The van der Waals surface area contributed by atoms with Gasteiger partial charge in [0.2, 0.25) is 15.9 Å². The van der Waals surface area contributed by atoms with Crippen LogP contribution in [0.5, 0.6) is 0 Å². The Bertz CT molecular complexity index is 564. The van der Waals surface area contributed by atoms with Crippen molar-refractivity contribution in [2.24, 2.45) is 0 Å². The molecule has 0 aliphatic heterocycles. The predicted octanol–water partition coefficient (Wildman–Crippen LogP) is -0.240. The highest BCUT2D eigenvalue weighted by atomic mass is 35.5. The second-order valence-corrected chi connectivity index (χ2v) is 5.97. The van der Waals surface area contributed by atoms with Crippen LogP contribution in [0.15, 0.2) is 17.2 Å². The number of imide groups is 1. The van der Waals surface area contributed by atoms with E-state index in [1.165, 1.54) is 20.3 Å². The highest BCUT2D eigenvalue weighted by Gasteiger charge is 2.21. The van der Waals surface area contributed by atoms with Gasteiger partial charge in [-0.3, -0.25) is 14.9 Å². The zero-order chi connectivity index (χ0) is 13.9. The van der Waals surface area contributed by atoms with Gasteiger partial charge in [0, 0.05) is 20.3 Å². The van der Waals surface area contributed by atoms with E-state index >= 15 is 0 Å². The molecule has 2 N–H and O–H groups in total. The molecule has 0 aliphatic carbocycles. The van der Waals surface area contributed by atoms with E-state index in [4.69, 9.17) is 11.6 Å². The van der Waals surface area contributed by atoms with E-state index in [2.05, 4.69) is 4.98 Å². The Morgan fingerprint density at radius 1 is 1.44 bits per heavy atom. The topological polar surface area (TPSA) is 99.3 Å². The Morgan fingerprint density at radius 3 is 2.56 bits per heavy atom. The first-order valence-corrected chi connectivity index (χ1v) is 6.77.